The molecule has 2 N–H and O–H groups in total. The highest BCUT2D eigenvalue weighted by Crippen LogP contribution is 2.30. The summed E-state index contributed by atoms with van der Waals surface area (Å²) in [7, 11) is 1.23. The van der Waals surface area contributed by atoms with E-state index in [-0.39, 0.29) is 17.3 Å². The van der Waals surface area contributed by atoms with E-state index < -0.39 is 17.8 Å². The molecule has 3 rings (SSSR count). The van der Waals surface area contributed by atoms with Gasteiger partial charge < -0.3 is 19.8 Å². The Balaban J connectivity index is 1.71. The number of benzene rings is 1. The molecule has 6 nitrogen and oxygen atoms in total. The van der Waals surface area contributed by atoms with Crippen molar-refractivity contribution in [2.75, 3.05) is 12.4 Å². The van der Waals surface area contributed by atoms with Gasteiger partial charge in [-0.25, -0.2) is 14.0 Å². The van der Waals surface area contributed by atoms with Crippen LogP contribution in [0, 0.1) is 5.82 Å². The summed E-state index contributed by atoms with van der Waals surface area (Å²) < 4.78 is 23.8. The number of ether oxygens (including phenoxy) is 1. The summed E-state index contributed by atoms with van der Waals surface area (Å²) >= 11 is 0. The van der Waals surface area contributed by atoms with Crippen molar-refractivity contribution < 1.29 is 23.1 Å². The number of furan rings is 1. The molecule has 0 saturated carbocycles. The number of rotatable bonds is 3. The molecule has 1 heterocycles. The van der Waals surface area contributed by atoms with Crippen LogP contribution >= 0.6 is 0 Å². The average Bonchev–Trinajstić information content (AvgIpc) is 3.06. The maximum Gasteiger partial charge on any atom is 0.337 e. The van der Waals surface area contributed by atoms with Gasteiger partial charge in [-0.1, -0.05) is 0 Å². The first kappa shape index (κ1) is 16.0. The molecule has 1 atom stereocenters. The van der Waals surface area contributed by atoms with Crippen molar-refractivity contribution in [2.24, 2.45) is 0 Å². The van der Waals surface area contributed by atoms with Gasteiger partial charge in [0.25, 0.3) is 0 Å². The summed E-state index contributed by atoms with van der Waals surface area (Å²) in [6, 6.07) is 4.75. The fourth-order valence-electron chi connectivity index (χ4n) is 2.82. The van der Waals surface area contributed by atoms with Crippen molar-refractivity contribution in [3.05, 3.63) is 53.2 Å². The molecule has 0 bridgehead atoms. The number of hydrogen-bond acceptors (Lipinski definition) is 4. The smallest absolute Gasteiger partial charge is 0.337 e. The first-order valence-electron chi connectivity index (χ1n) is 7.60. The second-order valence-electron chi connectivity index (χ2n) is 5.53. The van der Waals surface area contributed by atoms with Crippen molar-refractivity contribution in [3.8, 4) is 0 Å². The van der Waals surface area contributed by atoms with E-state index >= 15 is 0 Å². The molecule has 1 aliphatic rings. The summed E-state index contributed by atoms with van der Waals surface area (Å²) in [6.07, 6.45) is 4.13. The largest absolute Gasteiger partial charge is 0.469 e. The zero-order chi connectivity index (χ0) is 17.1. The number of hydrogen-bond donors (Lipinski definition) is 2. The van der Waals surface area contributed by atoms with E-state index in [1.54, 1.807) is 6.26 Å². The number of urea groups is 1. The van der Waals surface area contributed by atoms with E-state index in [1.165, 1.54) is 19.2 Å². The van der Waals surface area contributed by atoms with E-state index in [1.807, 2.05) is 6.07 Å². The summed E-state index contributed by atoms with van der Waals surface area (Å²) in [5.74, 6) is -0.371. The van der Waals surface area contributed by atoms with Crippen LogP contribution in [0.1, 0.15) is 40.6 Å². The SMILES string of the molecule is COC(=O)c1ccc(F)c(NC(=O)NC2CCCc3occc32)c1. The summed E-state index contributed by atoms with van der Waals surface area (Å²) in [6.45, 7) is 0. The van der Waals surface area contributed by atoms with Crippen LogP contribution in [0.15, 0.2) is 34.9 Å². The third kappa shape index (κ3) is 3.24. The van der Waals surface area contributed by atoms with Gasteiger partial charge in [0.05, 0.1) is 30.7 Å². The highest BCUT2D eigenvalue weighted by atomic mass is 19.1. The minimum absolute atomic E-state index is 0.0846. The second-order valence-corrected chi connectivity index (χ2v) is 5.53. The number of esters is 1. The normalized spacial score (nSPS) is 16.2. The highest BCUT2D eigenvalue weighted by molar-refractivity contribution is 5.94. The third-order valence-corrected chi connectivity index (χ3v) is 3.99. The van der Waals surface area contributed by atoms with Crippen LogP contribution in [-0.4, -0.2) is 19.1 Å². The van der Waals surface area contributed by atoms with Gasteiger partial charge >= 0.3 is 12.0 Å². The highest BCUT2D eigenvalue weighted by Gasteiger charge is 2.24. The predicted octanol–water partition coefficient (Wildman–Crippen LogP) is 3.40. The number of amides is 2. The van der Waals surface area contributed by atoms with Gasteiger partial charge in [0.2, 0.25) is 0 Å². The number of halogens is 1. The lowest BCUT2D eigenvalue weighted by Crippen LogP contribution is -2.34. The van der Waals surface area contributed by atoms with E-state index in [4.69, 9.17) is 4.42 Å². The van der Waals surface area contributed by atoms with Crippen LogP contribution in [0.2, 0.25) is 0 Å². The van der Waals surface area contributed by atoms with Crippen LogP contribution in [0.5, 0.6) is 0 Å². The molecular weight excluding hydrogens is 315 g/mol. The molecule has 0 fully saturated rings. The molecule has 0 spiro atoms. The number of nitrogens with one attached hydrogen (secondary N) is 2. The standard InChI is InChI=1S/C17H17FN2O4/c1-23-16(21)10-5-6-12(18)14(9-10)20-17(22)19-13-3-2-4-15-11(13)7-8-24-15/h5-9,13H,2-4H2,1H3,(H2,19,20,22). The summed E-state index contributed by atoms with van der Waals surface area (Å²) in [4.78, 5) is 23.7. The molecule has 1 unspecified atom stereocenters. The van der Waals surface area contributed by atoms with Crippen molar-refractivity contribution >= 4 is 17.7 Å². The Labute approximate surface area is 138 Å². The van der Waals surface area contributed by atoms with E-state index in [0.29, 0.717) is 0 Å². The molecule has 1 aliphatic carbocycles. The Morgan fingerprint density at radius 1 is 1.33 bits per heavy atom. The number of anilines is 1. The zero-order valence-corrected chi connectivity index (χ0v) is 13.1. The topological polar surface area (TPSA) is 80.6 Å². The molecule has 7 heteroatoms. The minimum Gasteiger partial charge on any atom is -0.469 e. The van der Waals surface area contributed by atoms with Crippen LogP contribution in [-0.2, 0) is 11.2 Å². The fourth-order valence-corrected chi connectivity index (χ4v) is 2.82. The molecule has 0 saturated heterocycles. The van der Waals surface area contributed by atoms with Gasteiger partial charge in [0.15, 0.2) is 0 Å². The minimum atomic E-state index is -0.634. The Morgan fingerprint density at radius 2 is 2.17 bits per heavy atom. The molecule has 2 aromatic rings. The maximum atomic E-state index is 13.9. The lowest BCUT2D eigenvalue weighted by molar-refractivity contribution is 0.0600. The van der Waals surface area contributed by atoms with Crippen LogP contribution in [0.4, 0.5) is 14.9 Å². The Morgan fingerprint density at radius 3 is 2.96 bits per heavy atom. The number of aryl methyl sites for hydroxylation is 1. The van der Waals surface area contributed by atoms with Gasteiger partial charge in [-0.3, -0.25) is 0 Å². The van der Waals surface area contributed by atoms with Crippen molar-refractivity contribution in [3.63, 3.8) is 0 Å². The molecule has 126 valence electrons. The first-order valence-corrected chi connectivity index (χ1v) is 7.60. The molecule has 1 aromatic carbocycles. The van der Waals surface area contributed by atoms with Crippen molar-refractivity contribution in [1.29, 1.82) is 0 Å². The number of fused-ring (bicyclic) bond motifs is 1. The van der Waals surface area contributed by atoms with Crippen molar-refractivity contribution in [2.45, 2.75) is 25.3 Å². The van der Waals surface area contributed by atoms with Crippen LogP contribution in [0.3, 0.4) is 0 Å². The Bertz CT molecular complexity index is 772. The van der Waals surface area contributed by atoms with Crippen LogP contribution < -0.4 is 10.6 Å². The lowest BCUT2D eigenvalue weighted by Gasteiger charge is -2.23. The Hall–Kier alpha value is -2.83. The van der Waals surface area contributed by atoms with Crippen LogP contribution in [0.25, 0.3) is 0 Å². The first-order chi connectivity index (χ1) is 11.6. The predicted molar refractivity (Wildman–Crippen MR) is 84.3 cm³/mol. The number of carbonyl (C=O) groups is 2. The quantitative estimate of drug-likeness (QED) is 0.844. The molecule has 1 aromatic heterocycles. The van der Waals surface area contributed by atoms with Gasteiger partial charge in [0, 0.05) is 12.0 Å². The van der Waals surface area contributed by atoms with E-state index in [0.717, 1.165) is 36.7 Å². The second kappa shape index (κ2) is 6.74. The monoisotopic (exact) mass is 332 g/mol. The molecule has 2 amide bonds. The third-order valence-electron chi connectivity index (χ3n) is 3.99. The van der Waals surface area contributed by atoms with Crippen molar-refractivity contribution in [1.82, 2.24) is 5.32 Å². The molecule has 0 aliphatic heterocycles. The maximum absolute atomic E-state index is 13.9. The molecule has 0 radical (unpaired) electrons. The van der Waals surface area contributed by atoms with Gasteiger partial charge in [0.1, 0.15) is 11.6 Å². The number of methoxy groups -OCH3 is 1. The fraction of sp³-hybridized carbons (Fsp3) is 0.294. The van der Waals surface area contributed by atoms with Gasteiger partial charge in [-0.05, 0) is 37.1 Å². The molecule has 24 heavy (non-hydrogen) atoms. The number of carbonyl (C=O) groups excluding carboxylic acids is 2. The lowest BCUT2D eigenvalue weighted by atomic mass is 9.93. The van der Waals surface area contributed by atoms with E-state index in [2.05, 4.69) is 15.4 Å². The van der Waals surface area contributed by atoms with E-state index in [9.17, 15) is 14.0 Å². The van der Waals surface area contributed by atoms with Gasteiger partial charge in [-0.2, -0.15) is 0 Å². The summed E-state index contributed by atoms with van der Waals surface area (Å²) in [5, 5.41) is 5.24. The Kier molecular flexibility index (Phi) is 4.50. The molecular formula is C17H17FN2O4. The summed E-state index contributed by atoms with van der Waals surface area (Å²) in [5.41, 5.74) is 1.02. The van der Waals surface area contributed by atoms with Gasteiger partial charge in [-0.15, -0.1) is 0 Å². The zero-order valence-electron chi connectivity index (χ0n) is 13.1. The average molecular weight is 332 g/mol.